The fraction of sp³-hybridized carbons (Fsp3) is 0.632. The Labute approximate surface area is 187 Å². The number of rotatable bonds is 9. The predicted octanol–water partition coefficient (Wildman–Crippen LogP) is 2.03. The first kappa shape index (κ1) is 25.0. The molecule has 2 rings (SSSR count). The number of hydrogen-bond acceptors (Lipinski definition) is 4. The molecule has 1 aromatic rings. The third-order valence-corrected chi connectivity index (χ3v) is 6.55. The number of sulfonamides is 1. The smallest absolute Gasteiger partial charge is 0.214 e. The summed E-state index contributed by atoms with van der Waals surface area (Å²) in [6, 6.07) is 8.51. The molecule has 7 nitrogen and oxygen atoms in total. The predicted molar refractivity (Wildman–Crippen MR) is 128 cm³/mol. The minimum atomic E-state index is -3.05. The van der Waals surface area contributed by atoms with Gasteiger partial charge < -0.3 is 15.5 Å². The zero-order valence-corrected chi connectivity index (χ0v) is 20.3. The molecule has 1 heterocycles. The van der Waals surface area contributed by atoms with Gasteiger partial charge in [0.25, 0.3) is 0 Å². The summed E-state index contributed by atoms with van der Waals surface area (Å²) in [4.78, 5) is 6.84. The molecule has 0 bridgehead atoms. The van der Waals surface area contributed by atoms with E-state index in [1.807, 2.05) is 6.92 Å². The lowest BCUT2D eigenvalue weighted by Gasteiger charge is -2.24. The second-order valence-electron chi connectivity index (χ2n) is 6.67. The number of likely N-dealkylation sites (N-methyl/N-ethyl adjacent to an activating group) is 1. The Kier molecular flexibility index (Phi) is 11.1. The number of anilines is 1. The van der Waals surface area contributed by atoms with Crippen LogP contribution in [0.2, 0.25) is 0 Å². The molecule has 0 aromatic heterocycles. The second-order valence-corrected chi connectivity index (χ2v) is 8.76. The number of hydrogen-bond donors (Lipinski definition) is 2. The van der Waals surface area contributed by atoms with Crippen LogP contribution in [-0.4, -0.2) is 70.2 Å². The van der Waals surface area contributed by atoms with E-state index in [4.69, 9.17) is 0 Å². The Bertz CT molecular complexity index is 727. The van der Waals surface area contributed by atoms with Crippen LogP contribution in [0.4, 0.5) is 5.69 Å². The van der Waals surface area contributed by atoms with Gasteiger partial charge in [0.05, 0.1) is 12.3 Å². The van der Waals surface area contributed by atoms with Crippen LogP contribution in [0.3, 0.4) is 0 Å². The molecule has 160 valence electrons. The molecule has 0 amide bonds. The van der Waals surface area contributed by atoms with E-state index in [0.29, 0.717) is 19.6 Å². The van der Waals surface area contributed by atoms with E-state index in [1.165, 1.54) is 15.6 Å². The van der Waals surface area contributed by atoms with Gasteiger partial charge in [-0.25, -0.2) is 12.7 Å². The second kappa shape index (κ2) is 12.5. The number of benzene rings is 1. The van der Waals surface area contributed by atoms with Crippen molar-refractivity contribution in [1.82, 2.24) is 14.9 Å². The fourth-order valence-electron chi connectivity index (χ4n) is 3.16. The van der Waals surface area contributed by atoms with E-state index < -0.39 is 10.0 Å². The average molecular weight is 523 g/mol. The largest absolute Gasteiger partial charge is 0.370 e. The van der Waals surface area contributed by atoms with Crippen LogP contribution in [0.1, 0.15) is 25.8 Å². The molecular formula is C19H34IN5O2S. The molecule has 1 aromatic carbocycles. The maximum Gasteiger partial charge on any atom is 0.214 e. The fourth-order valence-corrected chi connectivity index (χ4v) is 4.68. The third kappa shape index (κ3) is 7.75. The van der Waals surface area contributed by atoms with Crippen molar-refractivity contribution >= 4 is 45.6 Å². The van der Waals surface area contributed by atoms with Crippen LogP contribution in [0.15, 0.2) is 29.3 Å². The van der Waals surface area contributed by atoms with Crippen molar-refractivity contribution < 1.29 is 8.42 Å². The summed E-state index contributed by atoms with van der Waals surface area (Å²) in [5, 5.41) is 6.57. The minimum Gasteiger partial charge on any atom is -0.370 e. The lowest BCUT2D eigenvalue weighted by Crippen LogP contribution is -2.42. The van der Waals surface area contributed by atoms with Crippen molar-refractivity contribution in [1.29, 1.82) is 0 Å². The third-order valence-electron chi connectivity index (χ3n) is 4.59. The maximum atomic E-state index is 11.8. The maximum absolute atomic E-state index is 11.8. The SMILES string of the molecule is CCNC(=NCCN1CCCS1(=O)=O)NCCN(CC)c1cccc(C)c1.I. The molecule has 0 spiro atoms. The molecule has 0 unspecified atom stereocenters. The summed E-state index contributed by atoms with van der Waals surface area (Å²) < 4.78 is 25.2. The lowest BCUT2D eigenvalue weighted by molar-refractivity contribution is 0.452. The molecule has 2 N–H and O–H groups in total. The molecule has 28 heavy (non-hydrogen) atoms. The highest BCUT2D eigenvalue weighted by Gasteiger charge is 2.27. The highest BCUT2D eigenvalue weighted by atomic mass is 127. The normalized spacial score (nSPS) is 16.5. The van der Waals surface area contributed by atoms with Crippen LogP contribution in [0, 0.1) is 6.92 Å². The van der Waals surface area contributed by atoms with Crippen LogP contribution < -0.4 is 15.5 Å². The van der Waals surface area contributed by atoms with Gasteiger partial charge in [-0.15, -0.1) is 24.0 Å². The van der Waals surface area contributed by atoms with Gasteiger partial charge in [-0.05, 0) is 44.9 Å². The number of guanidine groups is 1. The molecule has 0 radical (unpaired) electrons. The monoisotopic (exact) mass is 523 g/mol. The quantitative estimate of drug-likeness (QED) is 0.295. The number of aryl methyl sites for hydroxylation is 1. The molecule has 9 heteroatoms. The zero-order valence-electron chi connectivity index (χ0n) is 17.1. The summed E-state index contributed by atoms with van der Waals surface area (Å²) in [5.74, 6) is 0.996. The first-order chi connectivity index (χ1) is 13.0. The van der Waals surface area contributed by atoms with E-state index >= 15 is 0 Å². The van der Waals surface area contributed by atoms with Crippen molar-refractivity contribution in [3.63, 3.8) is 0 Å². The summed E-state index contributed by atoms with van der Waals surface area (Å²) in [6.07, 6.45) is 0.718. The van der Waals surface area contributed by atoms with E-state index in [9.17, 15) is 8.42 Å². The van der Waals surface area contributed by atoms with Crippen molar-refractivity contribution in [3.05, 3.63) is 29.8 Å². The standard InChI is InChI=1S/C19H33N5O2S.HI/c1-4-20-19(22-11-14-24-12-7-15-27(24,25)26)21-10-13-23(5-2)18-9-6-8-17(3)16-18;/h6,8-9,16H,4-5,7,10-15H2,1-3H3,(H2,20,21,22);1H. The molecule has 1 saturated heterocycles. The van der Waals surface area contributed by atoms with E-state index in [2.05, 4.69) is 58.6 Å². The van der Waals surface area contributed by atoms with Gasteiger partial charge in [-0.3, -0.25) is 4.99 Å². The minimum absolute atomic E-state index is 0. The number of nitrogens with zero attached hydrogens (tertiary/aromatic N) is 3. The highest BCUT2D eigenvalue weighted by molar-refractivity contribution is 14.0. The van der Waals surface area contributed by atoms with Gasteiger partial charge >= 0.3 is 0 Å². The van der Waals surface area contributed by atoms with Gasteiger partial charge in [0.15, 0.2) is 5.96 Å². The summed E-state index contributed by atoms with van der Waals surface area (Å²) in [7, 11) is -3.05. The van der Waals surface area contributed by atoms with Crippen molar-refractivity contribution in [2.24, 2.45) is 4.99 Å². The van der Waals surface area contributed by atoms with Gasteiger partial charge in [0.1, 0.15) is 0 Å². The van der Waals surface area contributed by atoms with Crippen molar-refractivity contribution in [2.45, 2.75) is 27.2 Å². The van der Waals surface area contributed by atoms with Crippen LogP contribution >= 0.6 is 24.0 Å². The molecule has 1 aliphatic rings. The average Bonchev–Trinajstić information content (AvgIpc) is 2.97. The van der Waals surface area contributed by atoms with Crippen LogP contribution in [0.5, 0.6) is 0 Å². The van der Waals surface area contributed by atoms with Crippen molar-refractivity contribution in [2.75, 3.05) is 56.5 Å². The Morgan fingerprint density at radius 3 is 2.68 bits per heavy atom. The summed E-state index contributed by atoms with van der Waals surface area (Å²) in [5.41, 5.74) is 2.48. The van der Waals surface area contributed by atoms with Gasteiger partial charge in [-0.1, -0.05) is 12.1 Å². The zero-order chi connectivity index (χ0) is 19.7. The lowest BCUT2D eigenvalue weighted by atomic mass is 10.2. The molecular weight excluding hydrogens is 489 g/mol. The molecule has 0 saturated carbocycles. The van der Waals surface area contributed by atoms with Gasteiger partial charge in [-0.2, -0.15) is 0 Å². The van der Waals surface area contributed by atoms with E-state index in [1.54, 1.807) is 0 Å². The Morgan fingerprint density at radius 2 is 2.07 bits per heavy atom. The number of aliphatic imine (C=N–C) groups is 1. The Morgan fingerprint density at radius 1 is 1.29 bits per heavy atom. The molecule has 0 aliphatic carbocycles. The topological polar surface area (TPSA) is 77.0 Å². The van der Waals surface area contributed by atoms with Gasteiger partial charge in [0, 0.05) is 45.0 Å². The number of nitrogens with one attached hydrogen (secondary N) is 2. The first-order valence-electron chi connectivity index (χ1n) is 9.78. The van der Waals surface area contributed by atoms with Crippen LogP contribution in [-0.2, 0) is 10.0 Å². The number of halogens is 1. The van der Waals surface area contributed by atoms with Crippen LogP contribution in [0.25, 0.3) is 0 Å². The molecule has 1 fully saturated rings. The first-order valence-corrected chi connectivity index (χ1v) is 11.4. The molecule has 0 atom stereocenters. The molecule has 1 aliphatic heterocycles. The van der Waals surface area contributed by atoms with E-state index in [0.717, 1.165) is 38.6 Å². The highest BCUT2D eigenvalue weighted by Crippen LogP contribution is 2.15. The Hall–Kier alpha value is -1.07. The van der Waals surface area contributed by atoms with Gasteiger partial charge in [0.2, 0.25) is 10.0 Å². The Balaban J connectivity index is 0.00000392. The summed E-state index contributed by atoms with van der Waals surface area (Å²) >= 11 is 0. The summed E-state index contributed by atoms with van der Waals surface area (Å²) in [6.45, 7) is 11.1. The van der Waals surface area contributed by atoms with Crippen molar-refractivity contribution in [3.8, 4) is 0 Å². The van der Waals surface area contributed by atoms with E-state index in [-0.39, 0.29) is 29.7 Å².